The maximum Gasteiger partial charge on any atom is 0.131 e. The van der Waals surface area contributed by atoms with Crippen LogP contribution in [-0.2, 0) is 13.0 Å². The van der Waals surface area contributed by atoms with Gasteiger partial charge in [-0.2, -0.15) is 0 Å². The largest absolute Gasteiger partial charge is 0.487 e. The van der Waals surface area contributed by atoms with Crippen LogP contribution in [0, 0.1) is 5.82 Å². The number of benzene rings is 1. The van der Waals surface area contributed by atoms with E-state index in [9.17, 15) is 4.39 Å². The Morgan fingerprint density at radius 3 is 2.94 bits per heavy atom. The molecule has 5 heteroatoms. The summed E-state index contributed by atoms with van der Waals surface area (Å²) in [6.07, 6.45) is 0.644. The number of hydrogen-bond donors (Lipinski definition) is 1. The Morgan fingerprint density at radius 1 is 1.35 bits per heavy atom. The van der Waals surface area contributed by atoms with Crippen molar-refractivity contribution in [2.45, 2.75) is 13.0 Å². The van der Waals surface area contributed by atoms with E-state index in [-0.39, 0.29) is 5.82 Å². The molecule has 1 aromatic carbocycles. The first-order valence-electron chi connectivity index (χ1n) is 5.27. The van der Waals surface area contributed by atoms with E-state index in [1.807, 2.05) is 11.4 Å². The highest BCUT2D eigenvalue weighted by molar-refractivity contribution is 7.07. The molecule has 17 heavy (non-hydrogen) atoms. The molecule has 0 aliphatic heterocycles. The molecule has 0 amide bonds. The maximum atomic E-state index is 13.3. The zero-order chi connectivity index (χ0) is 12.1. The second-order valence-corrected chi connectivity index (χ2v) is 4.32. The van der Waals surface area contributed by atoms with Crippen LogP contribution in [0.3, 0.4) is 0 Å². The van der Waals surface area contributed by atoms with Gasteiger partial charge in [-0.3, -0.25) is 0 Å². The summed E-state index contributed by atoms with van der Waals surface area (Å²) >= 11 is 1.51. The predicted molar refractivity (Wildman–Crippen MR) is 65.6 cm³/mol. The Labute approximate surface area is 103 Å². The number of aromatic nitrogens is 1. The van der Waals surface area contributed by atoms with Gasteiger partial charge in [0.2, 0.25) is 0 Å². The third kappa shape index (κ3) is 3.51. The summed E-state index contributed by atoms with van der Waals surface area (Å²) in [6, 6.07) is 4.65. The summed E-state index contributed by atoms with van der Waals surface area (Å²) in [4.78, 5) is 4.09. The van der Waals surface area contributed by atoms with E-state index >= 15 is 0 Å². The molecule has 0 aliphatic rings. The lowest BCUT2D eigenvalue weighted by Gasteiger charge is -2.07. The van der Waals surface area contributed by atoms with E-state index < -0.39 is 0 Å². The van der Waals surface area contributed by atoms with Gasteiger partial charge < -0.3 is 10.5 Å². The van der Waals surface area contributed by atoms with Crippen molar-refractivity contribution in [2.24, 2.45) is 5.73 Å². The molecule has 0 atom stereocenters. The average molecular weight is 252 g/mol. The molecule has 90 valence electrons. The summed E-state index contributed by atoms with van der Waals surface area (Å²) in [6.45, 7) is 0.851. The summed E-state index contributed by atoms with van der Waals surface area (Å²) in [5.74, 6) is 0.214. The molecule has 0 bridgehead atoms. The number of halogens is 1. The molecule has 0 saturated heterocycles. The first kappa shape index (κ1) is 12.0. The van der Waals surface area contributed by atoms with Gasteiger partial charge in [0.25, 0.3) is 0 Å². The molecule has 1 heterocycles. The number of nitrogens with two attached hydrogens (primary N) is 1. The zero-order valence-electron chi connectivity index (χ0n) is 9.23. The quantitative estimate of drug-likeness (QED) is 0.888. The van der Waals surface area contributed by atoms with Crippen molar-refractivity contribution < 1.29 is 9.13 Å². The van der Waals surface area contributed by atoms with E-state index in [1.54, 1.807) is 5.51 Å². The van der Waals surface area contributed by atoms with Crippen LogP contribution in [0.2, 0.25) is 0 Å². The Balaban J connectivity index is 2.04. The van der Waals surface area contributed by atoms with E-state index in [4.69, 9.17) is 10.5 Å². The Kier molecular flexibility index (Phi) is 4.06. The lowest BCUT2D eigenvalue weighted by Crippen LogP contribution is -2.03. The standard InChI is InChI=1S/C12H13FN2OS/c13-10-3-9(1-2-14)4-12(5-10)16-6-11-7-17-8-15-11/h3-5,7-8H,1-2,6,14H2. The van der Waals surface area contributed by atoms with Gasteiger partial charge >= 0.3 is 0 Å². The molecule has 2 aromatic rings. The van der Waals surface area contributed by atoms with E-state index in [2.05, 4.69) is 4.98 Å². The van der Waals surface area contributed by atoms with Gasteiger partial charge in [0.1, 0.15) is 18.2 Å². The molecule has 0 aliphatic carbocycles. The number of nitrogens with zero attached hydrogens (tertiary/aromatic N) is 1. The molecule has 2 rings (SSSR count). The molecule has 0 spiro atoms. The number of thiazole rings is 1. The average Bonchev–Trinajstić information content (AvgIpc) is 2.79. The third-order valence-electron chi connectivity index (χ3n) is 2.23. The first-order chi connectivity index (χ1) is 8.28. The maximum absolute atomic E-state index is 13.3. The highest BCUT2D eigenvalue weighted by Gasteiger charge is 2.03. The minimum Gasteiger partial charge on any atom is -0.487 e. The second-order valence-electron chi connectivity index (χ2n) is 3.60. The fourth-order valence-electron chi connectivity index (χ4n) is 1.48. The van der Waals surface area contributed by atoms with Gasteiger partial charge in [0.15, 0.2) is 0 Å². The molecular weight excluding hydrogens is 239 g/mol. The predicted octanol–water partition coefficient (Wildman–Crippen LogP) is 2.36. The van der Waals surface area contributed by atoms with Gasteiger partial charge in [-0.15, -0.1) is 11.3 Å². The van der Waals surface area contributed by atoms with Crippen molar-refractivity contribution in [3.05, 3.63) is 46.2 Å². The van der Waals surface area contributed by atoms with Gasteiger partial charge in [0, 0.05) is 11.4 Å². The van der Waals surface area contributed by atoms with Crippen molar-refractivity contribution in [1.29, 1.82) is 0 Å². The highest BCUT2D eigenvalue weighted by atomic mass is 32.1. The zero-order valence-corrected chi connectivity index (χ0v) is 10.0. The van der Waals surface area contributed by atoms with Crippen LogP contribution >= 0.6 is 11.3 Å². The smallest absolute Gasteiger partial charge is 0.131 e. The van der Waals surface area contributed by atoms with Crippen molar-refractivity contribution in [2.75, 3.05) is 6.54 Å². The molecule has 0 radical (unpaired) electrons. The van der Waals surface area contributed by atoms with Crippen LogP contribution in [0.15, 0.2) is 29.1 Å². The minimum atomic E-state index is -0.302. The SMILES string of the molecule is NCCc1cc(F)cc(OCc2cscn2)c1. The normalized spacial score (nSPS) is 10.5. The van der Waals surface area contributed by atoms with Gasteiger partial charge in [-0.05, 0) is 30.7 Å². The van der Waals surface area contributed by atoms with Crippen LogP contribution in [-0.4, -0.2) is 11.5 Å². The second kappa shape index (κ2) is 5.75. The van der Waals surface area contributed by atoms with Gasteiger partial charge in [-0.1, -0.05) is 0 Å². The van der Waals surface area contributed by atoms with Gasteiger partial charge in [-0.25, -0.2) is 9.37 Å². The number of ether oxygens (including phenoxy) is 1. The van der Waals surface area contributed by atoms with Crippen LogP contribution < -0.4 is 10.5 Å². The summed E-state index contributed by atoms with van der Waals surface area (Å²) in [5, 5.41) is 1.90. The van der Waals surface area contributed by atoms with Gasteiger partial charge in [0.05, 0.1) is 11.2 Å². The summed E-state index contributed by atoms with van der Waals surface area (Å²) < 4.78 is 18.8. The van der Waals surface area contributed by atoms with E-state index in [1.165, 1.54) is 23.5 Å². The van der Waals surface area contributed by atoms with Crippen LogP contribution in [0.4, 0.5) is 4.39 Å². The van der Waals surface area contributed by atoms with Crippen molar-refractivity contribution in [3.8, 4) is 5.75 Å². The first-order valence-corrected chi connectivity index (χ1v) is 6.21. The highest BCUT2D eigenvalue weighted by Crippen LogP contribution is 2.18. The molecule has 0 saturated carbocycles. The Hall–Kier alpha value is -1.46. The lowest BCUT2D eigenvalue weighted by atomic mass is 10.1. The van der Waals surface area contributed by atoms with Crippen molar-refractivity contribution >= 4 is 11.3 Å². The molecule has 2 N–H and O–H groups in total. The third-order valence-corrected chi connectivity index (χ3v) is 2.87. The van der Waals surface area contributed by atoms with Crippen molar-refractivity contribution in [3.63, 3.8) is 0 Å². The number of rotatable bonds is 5. The fourth-order valence-corrected chi connectivity index (χ4v) is 2.02. The monoisotopic (exact) mass is 252 g/mol. The summed E-state index contributed by atoms with van der Waals surface area (Å²) in [7, 11) is 0. The molecular formula is C12H13FN2OS. The Morgan fingerprint density at radius 2 is 2.24 bits per heavy atom. The lowest BCUT2D eigenvalue weighted by molar-refractivity contribution is 0.300. The molecule has 1 aromatic heterocycles. The number of hydrogen-bond acceptors (Lipinski definition) is 4. The Bertz CT molecular complexity index is 473. The molecule has 3 nitrogen and oxygen atoms in total. The molecule has 0 unspecified atom stereocenters. The van der Waals surface area contributed by atoms with Crippen LogP contribution in [0.5, 0.6) is 5.75 Å². The fraction of sp³-hybridized carbons (Fsp3) is 0.250. The van der Waals surface area contributed by atoms with Crippen LogP contribution in [0.1, 0.15) is 11.3 Å². The topological polar surface area (TPSA) is 48.1 Å². The molecule has 0 fully saturated rings. The van der Waals surface area contributed by atoms with E-state index in [0.29, 0.717) is 25.3 Å². The van der Waals surface area contributed by atoms with Crippen molar-refractivity contribution in [1.82, 2.24) is 4.98 Å². The van der Waals surface area contributed by atoms with Crippen LogP contribution in [0.25, 0.3) is 0 Å². The minimum absolute atomic E-state index is 0.302. The van der Waals surface area contributed by atoms with E-state index in [0.717, 1.165) is 11.3 Å². The summed E-state index contributed by atoms with van der Waals surface area (Å²) in [5.41, 5.74) is 8.87.